The van der Waals surface area contributed by atoms with Crippen LogP contribution in [0.5, 0.6) is 0 Å². The van der Waals surface area contributed by atoms with Crippen LogP contribution in [0.15, 0.2) is 36.7 Å². The smallest absolute Gasteiger partial charge is 0.157 e. The van der Waals surface area contributed by atoms with Crippen LogP contribution in [0.2, 0.25) is 5.02 Å². The van der Waals surface area contributed by atoms with Crippen molar-refractivity contribution in [3.63, 3.8) is 0 Å². The van der Waals surface area contributed by atoms with Gasteiger partial charge in [0.15, 0.2) is 5.82 Å². The largest absolute Gasteiger partial charge is 0.382 e. The van der Waals surface area contributed by atoms with Crippen molar-refractivity contribution in [3.05, 3.63) is 41.7 Å². The van der Waals surface area contributed by atoms with E-state index in [4.69, 9.17) is 22.6 Å². The van der Waals surface area contributed by atoms with Gasteiger partial charge in [0.25, 0.3) is 0 Å². The Morgan fingerprint density at radius 3 is 2.68 bits per heavy atom. The Morgan fingerprint density at radius 1 is 1.26 bits per heavy atom. The average molecular weight is 274 g/mol. The lowest BCUT2D eigenvalue weighted by molar-refractivity contribution is 0.921. The highest BCUT2D eigenvalue weighted by Gasteiger charge is 2.16. The first-order chi connectivity index (χ1) is 9.24. The molecule has 0 radical (unpaired) electrons. The van der Waals surface area contributed by atoms with Crippen molar-refractivity contribution >= 4 is 28.9 Å². The highest BCUT2D eigenvalue weighted by atomic mass is 35.5. The molecule has 1 aromatic heterocycles. The molecule has 96 valence electrons. The van der Waals surface area contributed by atoms with Crippen molar-refractivity contribution in [1.29, 1.82) is 5.26 Å². The fraction of sp³-hybridized carbons (Fsp3) is 0.154. The highest BCUT2D eigenvalue weighted by Crippen LogP contribution is 2.32. The first kappa shape index (κ1) is 13.1. The number of anilines is 3. The number of nitrogens with zero attached hydrogens (tertiary/aromatic N) is 4. The van der Waals surface area contributed by atoms with Gasteiger partial charge in [-0.25, -0.2) is 9.97 Å². The van der Waals surface area contributed by atoms with Gasteiger partial charge in [0.1, 0.15) is 17.2 Å². The number of benzene rings is 1. The predicted molar refractivity (Wildman–Crippen MR) is 75.1 cm³/mol. The lowest BCUT2D eigenvalue weighted by atomic mass is 10.2. The second kappa shape index (κ2) is 6.03. The second-order valence-electron chi connectivity index (χ2n) is 3.79. The van der Waals surface area contributed by atoms with Crippen molar-refractivity contribution in [2.45, 2.75) is 6.42 Å². The van der Waals surface area contributed by atoms with Crippen LogP contribution in [0.4, 0.5) is 17.3 Å². The van der Waals surface area contributed by atoms with E-state index in [2.05, 4.69) is 16.0 Å². The molecule has 0 unspecified atom stereocenters. The lowest BCUT2D eigenvalue weighted by Crippen LogP contribution is -2.20. The van der Waals surface area contributed by atoms with Crippen molar-refractivity contribution in [2.75, 3.05) is 17.2 Å². The minimum Gasteiger partial charge on any atom is -0.382 e. The Morgan fingerprint density at radius 2 is 2.00 bits per heavy atom. The SMILES string of the molecule is N#CCCN(c1ccccc1)c1ncnc(N)c1Cl. The van der Waals surface area contributed by atoms with Gasteiger partial charge in [0.2, 0.25) is 0 Å². The van der Waals surface area contributed by atoms with Gasteiger partial charge in [-0.15, -0.1) is 0 Å². The van der Waals surface area contributed by atoms with Gasteiger partial charge in [-0.05, 0) is 12.1 Å². The third-order valence-electron chi connectivity index (χ3n) is 2.57. The number of hydrogen-bond donors (Lipinski definition) is 1. The molecule has 0 aliphatic heterocycles. The van der Waals surface area contributed by atoms with E-state index < -0.39 is 0 Å². The minimum absolute atomic E-state index is 0.226. The Hall–Kier alpha value is -2.32. The molecule has 2 aromatic rings. The topological polar surface area (TPSA) is 78.8 Å². The first-order valence-electron chi connectivity index (χ1n) is 5.69. The molecule has 0 spiro atoms. The van der Waals surface area contributed by atoms with Crippen molar-refractivity contribution < 1.29 is 0 Å². The molecule has 6 heteroatoms. The summed E-state index contributed by atoms with van der Waals surface area (Å²) in [5, 5.41) is 9.06. The third kappa shape index (κ3) is 2.92. The van der Waals surface area contributed by atoms with E-state index in [1.807, 2.05) is 35.2 Å². The molecule has 0 aliphatic rings. The summed E-state index contributed by atoms with van der Waals surface area (Å²) in [5.41, 5.74) is 6.59. The number of rotatable bonds is 4. The van der Waals surface area contributed by atoms with E-state index in [-0.39, 0.29) is 5.82 Å². The standard InChI is InChI=1S/C13H12ClN5/c14-11-12(16)17-9-18-13(11)19(8-4-7-15)10-5-2-1-3-6-10/h1-3,5-6,9H,4,8H2,(H2,16,17,18). The number of para-hydroxylation sites is 1. The number of hydrogen-bond acceptors (Lipinski definition) is 5. The zero-order valence-corrected chi connectivity index (χ0v) is 10.9. The van der Waals surface area contributed by atoms with Gasteiger partial charge in [0, 0.05) is 12.2 Å². The number of nitrogen functional groups attached to an aromatic ring is 1. The summed E-state index contributed by atoms with van der Waals surface area (Å²) in [6, 6.07) is 11.7. The summed E-state index contributed by atoms with van der Waals surface area (Å²) >= 11 is 6.14. The Balaban J connectivity index is 2.44. The number of aromatic nitrogens is 2. The zero-order chi connectivity index (χ0) is 13.7. The van der Waals surface area contributed by atoms with Crippen molar-refractivity contribution in [3.8, 4) is 6.07 Å². The van der Waals surface area contributed by atoms with E-state index >= 15 is 0 Å². The number of halogens is 1. The average Bonchev–Trinajstić information content (AvgIpc) is 2.45. The van der Waals surface area contributed by atoms with Crippen molar-refractivity contribution in [2.24, 2.45) is 0 Å². The van der Waals surface area contributed by atoms with Gasteiger partial charge in [-0.1, -0.05) is 29.8 Å². The Labute approximate surface area is 116 Å². The molecule has 2 N–H and O–H groups in total. The highest BCUT2D eigenvalue weighted by molar-refractivity contribution is 6.35. The van der Waals surface area contributed by atoms with Crippen LogP contribution in [0.25, 0.3) is 0 Å². The fourth-order valence-electron chi connectivity index (χ4n) is 1.69. The van der Waals surface area contributed by atoms with Gasteiger partial charge >= 0.3 is 0 Å². The van der Waals surface area contributed by atoms with E-state index in [0.717, 1.165) is 5.69 Å². The van der Waals surface area contributed by atoms with Gasteiger partial charge < -0.3 is 10.6 Å². The van der Waals surface area contributed by atoms with Gasteiger partial charge in [-0.2, -0.15) is 5.26 Å². The zero-order valence-electron chi connectivity index (χ0n) is 10.1. The fourth-order valence-corrected chi connectivity index (χ4v) is 1.89. The normalized spacial score (nSPS) is 9.89. The summed E-state index contributed by atoms with van der Waals surface area (Å²) in [4.78, 5) is 9.85. The summed E-state index contributed by atoms with van der Waals surface area (Å²) in [7, 11) is 0. The van der Waals surface area contributed by atoms with E-state index in [1.54, 1.807) is 0 Å². The van der Waals surface area contributed by atoms with Crippen LogP contribution in [0, 0.1) is 11.3 Å². The molecule has 0 amide bonds. The van der Waals surface area contributed by atoms with Crippen LogP contribution in [-0.2, 0) is 0 Å². The molecule has 1 heterocycles. The predicted octanol–water partition coefficient (Wildman–Crippen LogP) is 2.76. The van der Waals surface area contributed by atoms with Crippen LogP contribution in [-0.4, -0.2) is 16.5 Å². The quantitative estimate of drug-likeness (QED) is 0.926. The van der Waals surface area contributed by atoms with Crippen LogP contribution in [0.1, 0.15) is 6.42 Å². The van der Waals surface area contributed by atoms with E-state index in [1.165, 1.54) is 6.33 Å². The molecule has 19 heavy (non-hydrogen) atoms. The van der Waals surface area contributed by atoms with Crippen LogP contribution < -0.4 is 10.6 Å². The Bertz CT molecular complexity index is 594. The maximum Gasteiger partial charge on any atom is 0.157 e. The van der Waals surface area contributed by atoms with Gasteiger partial charge in [-0.3, -0.25) is 0 Å². The minimum atomic E-state index is 0.226. The van der Waals surface area contributed by atoms with Gasteiger partial charge in [0.05, 0.1) is 12.5 Å². The molecule has 1 aromatic carbocycles. The molecule has 2 rings (SSSR count). The number of nitriles is 1. The maximum atomic E-state index is 8.77. The maximum absolute atomic E-state index is 8.77. The molecule has 5 nitrogen and oxygen atoms in total. The van der Waals surface area contributed by atoms with E-state index in [0.29, 0.717) is 23.8 Å². The summed E-state index contributed by atoms with van der Waals surface area (Å²) < 4.78 is 0. The summed E-state index contributed by atoms with van der Waals surface area (Å²) in [6.45, 7) is 0.483. The summed E-state index contributed by atoms with van der Waals surface area (Å²) in [6.07, 6.45) is 1.72. The molecule has 0 saturated carbocycles. The van der Waals surface area contributed by atoms with E-state index in [9.17, 15) is 0 Å². The third-order valence-corrected chi connectivity index (χ3v) is 2.93. The Kier molecular flexibility index (Phi) is 4.16. The number of nitrogens with two attached hydrogens (primary N) is 1. The molecule has 0 bridgehead atoms. The van der Waals surface area contributed by atoms with Crippen LogP contribution in [0.3, 0.4) is 0 Å². The molecule has 0 saturated heterocycles. The second-order valence-corrected chi connectivity index (χ2v) is 4.17. The molecular formula is C13H12ClN5. The summed E-state index contributed by atoms with van der Waals surface area (Å²) in [5.74, 6) is 0.736. The lowest BCUT2D eigenvalue weighted by Gasteiger charge is -2.23. The molecule has 0 atom stereocenters. The van der Waals surface area contributed by atoms with Crippen LogP contribution >= 0.6 is 11.6 Å². The monoisotopic (exact) mass is 273 g/mol. The molecule has 0 fully saturated rings. The molecule has 0 aliphatic carbocycles. The molecular weight excluding hydrogens is 262 g/mol. The van der Waals surface area contributed by atoms with Crippen molar-refractivity contribution in [1.82, 2.24) is 9.97 Å². The first-order valence-corrected chi connectivity index (χ1v) is 6.07.